The molecule has 0 fully saturated rings. The normalized spacial score (nSPS) is 10.6. The molecule has 6 nitrogen and oxygen atoms in total. The molecule has 0 aromatic heterocycles. The van der Waals surface area contributed by atoms with E-state index in [0.29, 0.717) is 33.7 Å². The lowest BCUT2D eigenvalue weighted by Crippen LogP contribution is -2.00. The average molecular weight is 427 g/mol. The Morgan fingerprint density at radius 2 is 2.15 bits per heavy atom. The van der Waals surface area contributed by atoms with Crippen LogP contribution in [0, 0.1) is 33.8 Å². The maximum absolute atomic E-state index is 11.0. The molecule has 136 valence electrons. The molecule has 0 bridgehead atoms. The molecule has 0 saturated carbocycles. The van der Waals surface area contributed by atoms with Crippen LogP contribution < -0.4 is 9.47 Å². The number of allylic oxidation sites excluding steroid dienone is 1. The van der Waals surface area contributed by atoms with Gasteiger partial charge in [0.1, 0.15) is 6.61 Å². The number of rotatable bonds is 7. The number of ether oxygens (including phenoxy) is 2. The number of nitro benzene ring substituents is 1. The van der Waals surface area contributed by atoms with E-state index in [4.69, 9.17) is 15.9 Å². The van der Waals surface area contributed by atoms with Crippen molar-refractivity contribution in [3.05, 3.63) is 62.1 Å². The van der Waals surface area contributed by atoms with Crippen molar-refractivity contribution in [2.45, 2.75) is 6.92 Å². The van der Waals surface area contributed by atoms with E-state index in [1.165, 1.54) is 18.2 Å². The molecule has 0 aliphatic rings. The number of terminal acetylenes is 1. The Labute approximate surface area is 165 Å². The molecular formula is C20H15BrN2O4. The van der Waals surface area contributed by atoms with Crippen LogP contribution in [0.2, 0.25) is 0 Å². The molecule has 0 unspecified atom stereocenters. The number of hydrogen-bond acceptors (Lipinski definition) is 5. The van der Waals surface area contributed by atoms with Crippen LogP contribution in [0.3, 0.4) is 0 Å². The highest BCUT2D eigenvalue weighted by atomic mass is 79.9. The summed E-state index contributed by atoms with van der Waals surface area (Å²) in [7, 11) is 0. The van der Waals surface area contributed by atoms with Gasteiger partial charge in [0.2, 0.25) is 0 Å². The highest BCUT2D eigenvalue weighted by Crippen LogP contribution is 2.38. The first-order valence-corrected chi connectivity index (χ1v) is 8.68. The van der Waals surface area contributed by atoms with Gasteiger partial charge >= 0.3 is 0 Å². The summed E-state index contributed by atoms with van der Waals surface area (Å²) < 4.78 is 11.7. The molecule has 2 rings (SSSR count). The third-order valence-electron chi connectivity index (χ3n) is 3.43. The summed E-state index contributed by atoms with van der Waals surface area (Å²) in [6.45, 7) is 2.35. The molecule has 0 saturated heterocycles. The van der Waals surface area contributed by atoms with Crippen LogP contribution in [0.4, 0.5) is 5.69 Å². The molecule has 7 heteroatoms. The van der Waals surface area contributed by atoms with Crippen molar-refractivity contribution < 1.29 is 14.4 Å². The van der Waals surface area contributed by atoms with Crippen molar-refractivity contribution in [2.24, 2.45) is 0 Å². The number of benzene rings is 2. The first kappa shape index (κ1) is 20.0. The second kappa shape index (κ2) is 9.42. The second-order valence-corrected chi connectivity index (χ2v) is 6.09. The summed E-state index contributed by atoms with van der Waals surface area (Å²) in [6, 6.07) is 11.5. The number of non-ortho nitro benzene ring substituents is 1. The van der Waals surface area contributed by atoms with Crippen molar-refractivity contribution >= 4 is 33.3 Å². The zero-order valence-electron chi connectivity index (χ0n) is 14.4. The third kappa shape index (κ3) is 5.10. The van der Waals surface area contributed by atoms with Gasteiger partial charge < -0.3 is 9.47 Å². The highest BCUT2D eigenvalue weighted by molar-refractivity contribution is 9.10. The van der Waals surface area contributed by atoms with Crippen LogP contribution in [0.5, 0.6) is 11.5 Å². The summed E-state index contributed by atoms with van der Waals surface area (Å²) in [6.07, 6.45) is 6.86. The largest absolute Gasteiger partial charge is 0.490 e. The maximum Gasteiger partial charge on any atom is 0.270 e. The van der Waals surface area contributed by atoms with E-state index >= 15 is 0 Å². The Morgan fingerprint density at radius 3 is 2.78 bits per heavy atom. The first-order chi connectivity index (χ1) is 13.0. The zero-order chi connectivity index (χ0) is 19.8. The number of nitro groups is 1. The lowest BCUT2D eigenvalue weighted by Gasteiger charge is -2.13. The standard InChI is InChI=1S/C20H15BrN2O4/c1-3-8-27-20-18(21)10-14(11-19(20)26-4-2)9-16(13-22)15-6-5-7-17(12-15)23(24)25/h1,5-7,9-12H,4,8H2,2H3/b16-9-. The number of nitriles is 1. The van der Waals surface area contributed by atoms with Gasteiger partial charge in [0.25, 0.3) is 5.69 Å². The predicted octanol–water partition coefficient (Wildman–Crippen LogP) is 4.83. The quantitative estimate of drug-likeness (QED) is 0.208. The van der Waals surface area contributed by atoms with Gasteiger partial charge in [-0.25, -0.2) is 0 Å². The summed E-state index contributed by atoms with van der Waals surface area (Å²) in [5, 5.41) is 20.5. The molecule has 0 radical (unpaired) electrons. The van der Waals surface area contributed by atoms with Gasteiger partial charge in [-0.15, -0.1) is 6.42 Å². The van der Waals surface area contributed by atoms with Gasteiger partial charge in [-0.1, -0.05) is 18.1 Å². The Kier molecular flexibility index (Phi) is 6.99. The molecule has 0 heterocycles. The van der Waals surface area contributed by atoms with Crippen LogP contribution >= 0.6 is 15.9 Å². The monoisotopic (exact) mass is 426 g/mol. The van der Waals surface area contributed by atoms with Crippen LogP contribution in [0.15, 0.2) is 40.9 Å². The van der Waals surface area contributed by atoms with E-state index in [1.54, 1.807) is 24.3 Å². The van der Waals surface area contributed by atoms with Gasteiger partial charge in [-0.3, -0.25) is 10.1 Å². The van der Waals surface area contributed by atoms with Gasteiger partial charge in [0, 0.05) is 12.1 Å². The van der Waals surface area contributed by atoms with Crippen LogP contribution in [0.1, 0.15) is 18.1 Å². The van der Waals surface area contributed by atoms with Crippen molar-refractivity contribution in [2.75, 3.05) is 13.2 Å². The van der Waals surface area contributed by atoms with E-state index in [9.17, 15) is 15.4 Å². The zero-order valence-corrected chi connectivity index (χ0v) is 16.0. The lowest BCUT2D eigenvalue weighted by atomic mass is 10.0. The molecule has 0 atom stereocenters. The van der Waals surface area contributed by atoms with Crippen molar-refractivity contribution in [1.82, 2.24) is 0 Å². The number of nitrogens with zero attached hydrogens (tertiary/aromatic N) is 2. The second-order valence-electron chi connectivity index (χ2n) is 5.23. The lowest BCUT2D eigenvalue weighted by molar-refractivity contribution is -0.384. The smallest absolute Gasteiger partial charge is 0.270 e. The minimum atomic E-state index is -0.500. The molecule has 2 aromatic carbocycles. The Morgan fingerprint density at radius 1 is 1.37 bits per heavy atom. The van der Waals surface area contributed by atoms with Gasteiger partial charge in [-0.05, 0) is 52.2 Å². The molecule has 0 N–H and O–H groups in total. The van der Waals surface area contributed by atoms with E-state index in [-0.39, 0.29) is 17.9 Å². The Hall–Kier alpha value is -3.29. The summed E-state index contributed by atoms with van der Waals surface area (Å²) >= 11 is 3.42. The van der Waals surface area contributed by atoms with Crippen molar-refractivity contribution in [1.29, 1.82) is 5.26 Å². The summed E-state index contributed by atoms with van der Waals surface area (Å²) in [4.78, 5) is 10.5. The fourth-order valence-electron chi connectivity index (χ4n) is 2.32. The van der Waals surface area contributed by atoms with E-state index in [1.807, 2.05) is 6.92 Å². The van der Waals surface area contributed by atoms with Crippen LogP contribution in [-0.2, 0) is 0 Å². The number of halogens is 1. The van der Waals surface area contributed by atoms with Crippen molar-refractivity contribution in [3.63, 3.8) is 0 Å². The minimum absolute atomic E-state index is 0.0807. The van der Waals surface area contributed by atoms with E-state index < -0.39 is 4.92 Å². The van der Waals surface area contributed by atoms with Gasteiger partial charge in [0.15, 0.2) is 11.5 Å². The van der Waals surface area contributed by atoms with Gasteiger partial charge in [-0.2, -0.15) is 5.26 Å². The molecule has 0 amide bonds. The summed E-state index contributed by atoms with van der Waals surface area (Å²) in [5.41, 5.74) is 1.32. The molecule has 0 aliphatic heterocycles. The minimum Gasteiger partial charge on any atom is -0.490 e. The Bertz CT molecular complexity index is 971. The van der Waals surface area contributed by atoms with Gasteiger partial charge in [0.05, 0.1) is 27.6 Å². The molecule has 27 heavy (non-hydrogen) atoms. The third-order valence-corrected chi connectivity index (χ3v) is 4.02. The first-order valence-electron chi connectivity index (χ1n) is 7.89. The van der Waals surface area contributed by atoms with Crippen LogP contribution in [0.25, 0.3) is 11.6 Å². The molecule has 2 aromatic rings. The average Bonchev–Trinajstić information content (AvgIpc) is 2.66. The topological polar surface area (TPSA) is 85.4 Å². The Balaban J connectivity index is 2.49. The van der Waals surface area contributed by atoms with Crippen LogP contribution in [-0.4, -0.2) is 18.1 Å². The van der Waals surface area contributed by atoms with E-state index in [0.717, 1.165) is 0 Å². The SMILES string of the molecule is C#CCOc1c(Br)cc(/C=C(/C#N)c2cccc([N+](=O)[O-])c2)cc1OCC. The predicted molar refractivity (Wildman–Crippen MR) is 106 cm³/mol. The fourth-order valence-corrected chi connectivity index (χ4v) is 2.90. The molecule has 0 aliphatic carbocycles. The fraction of sp³-hybridized carbons (Fsp3) is 0.150. The van der Waals surface area contributed by atoms with Crippen molar-refractivity contribution in [3.8, 4) is 29.9 Å². The van der Waals surface area contributed by atoms with E-state index in [2.05, 4.69) is 27.9 Å². The molecule has 0 spiro atoms. The number of hydrogen-bond donors (Lipinski definition) is 0. The summed E-state index contributed by atoms with van der Waals surface area (Å²) in [5.74, 6) is 3.35. The maximum atomic E-state index is 11.0. The molecular weight excluding hydrogens is 412 g/mol. The highest BCUT2D eigenvalue weighted by Gasteiger charge is 2.13.